The first kappa shape index (κ1) is 17.6. The van der Waals surface area contributed by atoms with Crippen LogP contribution in [0.15, 0.2) is 78.9 Å². The van der Waals surface area contributed by atoms with E-state index in [9.17, 15) is 0 Å². The highest BCUT2D eigenvalue weighted by atomic mass is 16.5. The van der Waals surface area contributed by atoms with E-state index in [1.807, 2.05) is 6.07 Å². The Hall–Kier alpha value is -2.78. The Kier molecular flexibility index (Phi) is 5.40. The lowest BCUT2D eigenvalue weighted by Crippen LogP contribution is -2.45. The van der Waals surface area contributed by atoms with Crippen LogP contribution in [0.3, 0.4) is 0 Å². The normalized spacial score (nSPS) is 14.9. The predicted octanol–water partition coefficient (Wildman–Crippen LogP) is 4.68. The van der Waals surface area contributed by atoms with Crippen molar-refractivity contribution in [1.29, 1.82) is 0 Å². The fourth-order valence-corrected chi connectivity index (χ4v) is 3.66. The predicted molar refractivity (Wildman–Crippen MR) is 112 cm³/mol. The maximum atomic E-state index is 5.35. The van der Waals surface area contributed by atoms with Crippen molar-refractivity contribution in [3.8, 4) is 16.9 Å². The Morgan fingerprint density at radius 3 is 2.15 bits per heavy atom. The largest absolute Gasteiger partial charge is 0.497 e. The lowest BCUT2D eigenvalue weighted by atomic mass is 10.0. The summed E-state index contributed by atoms with van der Waals surface area (Å²) in [5.41, 5.74) is 5.18. The molecule has 0 amide bonds. The van der Waals surface area contributed by atoms with Crippen LogP contribution in [0.2, 0.25) is 0 Å². The van der Waals surface area contributed by atoms with Gasteiger partial charge in [0.05, 0.1) is 7.11 Å². The third-order valence-corrected chi connectivity index (χ3v) is 5.26. The number of benzene rings is 3. The first-order chi connectivity index (χ1) is 13.3. The van der Waals surface area contributed by atoms with Gasteiger partial charge in [0.25, 0.3) is 0 Å². The zero-order valence-electron chi connectivity index (χ0n) is 15.8. The van der Waals surface area contributed by atoms with E-state index < -0.39 is 0 Å². The van der Waals surface area contributed by atoms with E-state index in [-0.39, 0.29) is 0 Å². The van der Waals surface area contributed by atoms with Crippen molar-refractivity contribution >= 4 is 5.69 Å². The van der Waals surface area contributed by atoms with Gasteiger partial charge in [-0.05, 0) is 28.8 Å². The number of rotatable bonds is 5. The molecule has 0 aromatic heterocycles. The second kappa shape index (κ2) is 8.28. The molecule has 4 rings (SSSR count). The zero-order valence-corrected chi connectivity index (χ0v) is 15.8. The van der Waals surface area contributed by atoms with Crippen LogP contribution >= 0.6 is 0 Å². The Labute approximate surface area is 161 Å². The van der Waals surface area contributed by atoms with Crippen molar-refractivity contribution in [2.45, 2.75) is 6.54 Å². The molecule has 3 aromatic carbocycles. The first-order valence-electron chi connectivity index (χ1n) is 9.57. The van der Waals surface area contributed by atoms with Gasteiger partial charge in [-0.25, -0.2) is 0 Å². The molecule has 3 nitrogen and oxygen atoms in total. The summed E-state index contributed by atoms with van der Waals surface area (Å²) in [6.45, 7) is 5.28. The highest BCUT2D eigenvalue weighted by molar-refractivity contribution is 5.63. The fourth-order valence-electron chi connectivity index (χ4n) is 3.66. The van der Waals surface area contributed by atoms with Crippen LogP contribution in [0, 0.1) is 0 Å². The van der Waals surface area contributed by atoms with Crippen LogP contribution in [0.1, 0.15) is 5.56 Å². The van der Waals surface area contributed by atoms with Crippen molar-refractivity contribution in [1.82, 2.24) is 4.90 Å². The molecule has 0 spiro atoms. The molecule has 0 unspecified atom stereocenters. The Balaban J connectivity index is 1.34. The van der Waals surface area contributed by atoms with Crippen LogP contribution in [0.5, 0.6) is 5.75 Å². The summed E-state index contributed by atoms with van der Waals surface area (Å²) in [7, 11) is 1.72. The summed E-state index contributed by atoms with van der Waals surface area (Å²) in [6.07, 6.45) is 0. The van der Waals surface area contributed by atoms with Crippen LogP contribution < -0.4 is 9.64 Å². The lowest BCUT2D eigenvalue weighted by Gasteiger charge is -2.36. The van der Waals surface area contributed by atoms with Crippen molar-refractivity contribution in [3.63, 3.8) is 0 Å². The molecule has 1 fully saturated rings. The van der Waals surface area contributed by atoms with Gasteiger partial charge in [0, 0.05) is 44.5 Å². The van der Waals surface area contributed by atoms with E-state index in [0.29, 0.717) is 0 Å². The van der Waals surface area contributed by atoms with Crippen LogP contribution in [-0.2, 0) is 6.54 Å². The maximum absolute atomic E-state index is 5.35. The molecule has 0 bridgehead atoms. The molecule has 27 heavy (non-hydrogen) atoms. The number of hydrogen-bond acceptors (Lipinski definition) is 3. The van der Waals surface area contributed by atoms with Gasteiger partial charge >= 0.3 is 0 Å². The summed E-state index contributed by atoms with van der Waals surface area (Å²) in [4.78, 5) is 4.98. The lowest BCUT2D eigenvalue weighted by molar-refractivity contribution is 0.250. The molecule has 0 radical (unpaired) electrons. The van der Waals surface area contributed by atoms with E-state index in [0.717, 1.165) is 38.5 Å². The Bertz CT molecular complexity index is 853. The standard InChI is InChI=1S/C24H26N2O/c1-27-24-9-5-8-23(18-24)26-16-14-25(15-17-26)19-20-10-12-22(13-11-20)21-6-3-2-4-7-21/h2-13,18H,14-17,19H2,1H3. The minimum Gasteiger partial charge on any atom is -0.497 e. The van der Waals surface area contributed by atoms with Gasteiger partial charge in [0.2, 0.25) is 0 Å². The molecule has 1 saturated heterocycles. The van der Waals surface area contributed by atoms with E-state index in [1.165, 1.54) is 22.4 Å². The van der Waals surface area contributed by atoms with Crippen LogP contribution in [0.4, 0.5) is 5.69 Å². The maximum Gasteiger partial charge on any atom is 0.120 e. The molecule has 1 aliphatic rings. The average Bonchev–Trinajstić information content (AvgIpc) is 2.75. The average molecular weight is 358 g/mol. The smallest absolute Gasteiger partial charge is 0.120 e. The molecule has 138 valence electrons. The van der Waals surface area contributed by atoms with Crippen molar-refractivity contribution in [3.05, 3.63) is 84.4 Å². The van der Waals surface area contributed by atoms with Gasteiger partial charge in [-0.2, -0.15) is 0 Å². The fraction of sp³-hybridized carbons (Fsp3) is 0.250. The SMILES string of the molecule is COc1cccc(N2CCN(Cc3ccc(-c4ccccc4)cc3)CC2)c1. The molecule has 3 aromatic rings. The molecule has 0 aliphatic carbocycles. The number of piperazine rings is 1. The Morgan fingerprint density at radius 2 is 1.44 bits per heavy atom. The van der Waals surface area contributed by atoms with Gasteiger partial charge in [0.1, 0.15) is 5.75 Å². The topological polar surface area (TPSA) is 15.7 Å². The second-order valence-electron chi connectivity index (χ2n) is 7.03. The summed E-state index contributed by atoms with van der Waals surface area (Å²) >= 11 is 0. The zero-order chi connectivity index (χ0) is 18.5. The van der Waals surface area contributed by atoms with Crippen molar-refractivity contribution < 1.29 is 4.74 Å². The number of nitrogens with zero attached hydrogens (tertiary/aromatic N) is 2. The molecular formula is C24H26N2O. The Morgan fingerprint density at radius 1 is 0.741 bits per heavy atom. The highest BCUT2D eigenvalue weighted by Crippen LogP contribution is 2.23. The molecule has 0 saturated carbocycles. The van der Waals surface area contributed by atoms with Crippen molar-refractivity contribution in [2.24, 2.45) is 0 Å². The van der Waals surface area contributed by atoms with E-state index in [1.54, 1.807) is 7.11 Å². The third-order valence-electron chi connectivity index (χ3n) is 5.26. The van der Waals surface area contributed by atoms with Gasteiger partial charge in [-0.3, -0.25) is 4.90 Å². The van der Waals surface area contributed by atoms with Crippen molar-refractivity contribution in [2.75, 3.05) is 38.2 Å². The van der Waals surface area contributed by atoms with Crippen LogP contribution in [-0.4, -0.2) is 38.2 Å². The van der Waals surface area contributed by atoms with E-state index >= 15 is 0 Å². The molecule has 1 aliphatic heterocycles. The molecular weight excluding hydrogens is 332 g/mol. The molecule has 0 atom stereocenters. The number of methoxy groups -OCH3 is 1. The molecule has 0 N–H and O–H groups in total. The minimum atomic E-state index is 0.924. The highest BCUT2D eigenvalue weighted by Gasteiger charge is 2.17. The van der Waals surface area contributed by atoms with Gasteiger partial charge in [-0.1, -0.05) is 60.7 Å². The summed E-state index contributed by atoms with van der Waals surface area (Å²) in [6, 6.07) is 27.9. The summed E-state index contributed by atoms with van der Waals surface area (Å²) in [5.74, 6) is 0.924. The molecule has 3 heteroatoms. The van der Waals surface area contributed by atoms with Gasteiger partial charge < -0.3 is 9.64 Å². The minimum absolute atomic E-state index is 0.924. The van der Waals surface area contributed by atoms with Crippen LogP contribution in [0.25, 0.3) is 11.1 Å². The quantitative estimate of drug-likeness (QED) is 0.658. The first-order valence-corrected chi connectivity index (χ1v) is 9.57. The number of hydrogen-bond donors (Lipinski definition) is 0. The third kappa shape index (κ3) is 4.32. The molecule has 1 heterocycles. The number of ether oxygens (including phenoxy) is 1. The summed E-state index contributed by atoms with van der Waals surface area (Å²) < 4.78 is 5.35. The monoisotopic (exact) mass is 358 g/mol. The van der Waals surface area contributed by atoms with E-state index in [4.69, 9.17) is 4.74 Å². The number of anilines is 1. The van der Waals surface area contributed by atoms with E-state index in [2.05, 4.69) is 82.6 Å². The van der Waals surface area contributed by atoms with Gasteiger partial charge in [-0.15, -0.1) is 0 Å². The van der Waals surface area contributed by atoms with Gasteiger partial charge in [0.15, 0.2) is 0 Å². The summed E-state index contributed by atoms with van der Waals surface area (Å²) in [5, 5.41) is 0. The second-order valence-corrected chi connectivity index (χ2v) is 7.03.